The van der Waals surface area contributed by atoms with Crippen LogP contribution in [-0.4, -0.2) is 213 Å². The molecule has 0 atom stereocenters. The minimum absolute atomic E-state index is 0. The number of rotatable bonds is 28. The normalized spacial score (nSPS) is 9.79. The molecular weight excluding hydrogens is 1460 g/mol. The maximum Gasteiger partial charge on any atom is 2.00 e. The zero-order chi connectivity index (χ0) is 73.3. The summed E-state index contributed by atoms with van der Waals surface area (Å²) in [6.45, 7) is 2.44. The molecule has 0 aromatic heterocycles. The van der Waals surface area contributed by atoms with E-state index in [1.165, 1.54) is 89.8 Å². The van der Waals surface area contributed by atoms with Crippen molar-refractivity contribution in [1.29, 1.82) is 0 Å². The maximum absolute atomic E-state index is 12.5. The third-order valence-electron chi connectivity index (χ3n) is 13.1. The molecule has 7 aromatic rings. The van der Waals surface area contributed by atoms with E-state index in [2.05, 4.69) is 14.7 Å². The molecule has 544 valence electrons. The zero-order valence-electron chi connectivity index (χ0n) is 56.7. The summed E-state index contributed by atoms with van der Waals surface area (Å²) in [6.07, 6.45) is 8.28. The number of phenols is 3. The van der Waals surface area contributed by atoms with Crippen molar-refractivity contribution in [1.82, 2.24) is 0 Å². The number of benzene rings is 7. The third kappa shape index (κ3) is 36.1. The van der Waals surface area contributed by atoms with E-state index in [0.717, 1.165) is 42.8 Å². The SMILES string of the molecule is CC(=O)c1ccc(CCOO)c(CO)c1.CC(=O)c1ccc(O)c(CO)c1.CO.CO.COCOc1ccc(/C=C/C(=O)c2ccc(CCOO)c(CO)c2)cc1OC.COc1cc(/C=C/C(=O)c2ccc(O)c(CO)c2)ccc1O.Cl.O=Cc1ccc(CCOO)c(CO)c1.[Ba+2].[CH3-].[O-]O. The Balaban J connectivity index is -0.000000578. The summed E-state index contributed by atoms with van der Waals surface area (Å²) in [6, 6.07) is 34.0. The summed E-state index contributed by atoms with van der Waals surface area (Å²) in [4.78, 5) is 69.0. The second-order valence-electron chi connectivity index (χ2n) is 19.2. The van der Waals surface area contributed by atoms with Crippen LogP contribution in [0.4, 0.5) is 0 Å². The van der Waals surface area contributed by atoms with Crippen LogP contribution in [0.25, 0.3) is 12.2 Å². The predicted octanol–water partition coefficient (Wildman–Crippen LogP) is 7.65. The Kier molecular flexibility index (Phi) is 58.4. The van der Waals surface area contributed by atoms with Gasteiger partial charge in [-0.2, -0.15) is 0 Å². The van der Waals surface area contributed by atoms with Gasteiger partial charge >= 0.3 is 48.9 Å². The molecule has 0 spiro atoms. The van der Waals surface area contributed by atoms with E-state index in [4.69, 9.17) is 81.0 Å². The molecule has 7 aromatic carbocycles. The summed E-state index contributed by atoms with van der Waals surface area (Å²) >= 11 is 0. The van der Waals surface area contributed by atoms with Crippen molar-refractivity contribution in [2.45, 2.75) is 66.1 Å². The van der Waals surface area contributed by atoms with Crippen molar-refractivity contribution in [3.63, 3.8) is 0 Å². The Labute approximate surface area is 626 Å². The van der Waals surface area contributed by atoms with Gasteiger partial charge in [-0.05, 0) is 169 Å². The first kappa shape index (κ1) is 98.8. The molecule has 0 saturated heterocycles. The number of halogens is 1. The van der Waals surface area contributed by atoms with Gasteiger partial charge in [-0.15, -0.1) is 12.4 Å². The zero-order valence-corrected chi connectivity index (χ0v) is 61.9. The molecule has 0 fully saturated rings. The van der Waals surface area contributed by atoms with E-state index in [1.54, 1.807) is 97.1 Å². The molecule has 0 aliphatic heterocycles. The molecule has 27 nitrogen and oxygen atoms in total. The average Bonchev–Trinajstić information content (AvgIpc) is 0.865. The van der Waals surface area contributed by atoms with Crippen LogP contribution in [0, 0.1) is 7.43 Å². The Morgan fingerprint density at radius 3 is 1.14 bits per heavy atom. The number of allylic oxidation sites excluding steroid dienone is 2. The van der Waals surface area contributed by atoms with E-state index in [0.29, 0.717) is 97.7 Å². The largest absolute Gasteiger partial charge is 2.00 e. The number of phenolic OH excluding ortho intramolecular Hbond substituents is 1. The molecule has 0 amide bonds. The standard InChI is InChI=1S/C21H24O7.C17H16O5.C11H14O4.C10H12O4.C9H10O3.2CH4O.CH3.Ba.ClH.H2O2/c1-25-14-27-20-8-4-15(11-21(20)26-2)3-7-19(23)17-6-5-16(9-10-28-24)18(12-17)13-22;1-22-17-8-11(3-6-16(17)21)2-5-14(19)12-4-7-15(20)13(9-12)10-18;1-8(13)10-3-2-9(4-5-15-14)11(6-10)7-12;11-6-8-1-2-9(3-4-14-13)10(5-8)7-12;1-6(11)7-2-3-9(12)8(4-7)5-10;2*1-2;;;;1-2/h3-8,11-12,22,24H,9-10,13-14H2,1-2H3;2-9,18,20-21H,10H2,1H3;2-3,6,12,14H,4-5,7H2,1H3;1-2,5-6,12-13H,3-4,7H2;2-4,10,12H,5H2,1H3;2*2H,1H3;1H3;;1H;1-2H/q;;;;;;;-1;+2;;/p-1/b7-3+;5-2+;;;;;;;;;. The summed E-state index contributed by atoms with van der Waals surface area (Å²) < 4.78 is 20.6. The van der Waals surface area contributed by atoms with Crippen molar-refractivity contribution in [3.05, 3.63) is 230 Å². The fourth-order valence-electron chi connectivity index (χ4n) is 8.14. The molecule has 0 radical (unpaired) electrons. The number of Topliss-reactive ketones (excluding diaryl/α,β-unsaturated/α-hetero) is 2. The fraction of sp³-hybridized carbons (Fsp3) is 0.268. The minimum Gasteiger partial charge on any atom is -0.727 e. The summed E-state index contributed by atoms with van der Waals surface area (Å²) in [7, 11) is 6.51. The van der Waals surface area contributed by atoms with Gasteiger partial charge in [0.25, 0.3) is 0 Å². The first-order valence-electron chi connectivity index (χ1n) is 28.8. The van der Waals surface area contributed by atoms with Crippen molar-refractivity contribution in [2.75, 3.05) is 62.2 Å². The van der Waals surface area contributed by atoms with E-state index in [1.807, 2.05) is 0 Å². The van der Waals surface area contributed by atoms with Crippen molar-refractivity contribution < 1.29 is 135 Å². The van der Waals surface area contributed by atoms with Gasteiger partial charge in [0.1, 0.15) is 17.8 Å². The van der Waals surface area contributed by atoms with Gasteiger partial charge in [-0.3, -0.25) is 39.7 Å². The first-order chi connectivity index (χ1) is 46.8. The summed E-state index contributed by atoms with van der Waals surface area (Å²) in [5, 5.41) is 125. The van der Waals surface area contributed by atoms with Gasteiger partial charge in [0.15, 0.2) is 52.9 Å². The van der Waals surface area contributed by atoms with E-state index in [9.17, 15) is 39.3 Å². The van der Waals surface area contributed by atoms with Crippen molar-refractivity contribution in [2.24, 2.45) is 0 Å². The minimum atomic E-state index is -0.341. The van der Waals surface area contributed by atoms with Gasteiger partial charge in [0, 0.05) is 60.3 Å². The molecule has 14 N–H and O–H groups in total. The average molecular weight is 1550 g/mol. The van der Waals surface area contributed by atoms with Crippen LogP contribution in [0.3, 0.4) is 0 Å². The second kappa shape index (κ2) is 59.1. The molecule has 0 saturated carbocycles. The molecule has 0 aliphatic carbocycles. The number of ether oxygens (including phenoxy) is 4. The smallest absolute Gasteiger partial charge is 0.727 e. The quantitative estimate of drug-likeness (QED) is 0.00327. The summed E-state index contributed by atoms with van der Waals surface area (Å²) in [5.41, 5.74) is 9.13. The Morgan fingerprint density at radius 1 is 0.420 bits per heavy atom. The number of ketones is 4. The van der Waals surface area contributed by atoms with E-state index in [-0.39, 0.29) is 169 Å². The number of hydrogen-bond donors (Lipinski definition) is 14. The van der Waals surface area contributed by atoms with Gasteiger partial charge in [0.2, 0.25) is 0 Å². The van der Waals surface area contributed by atoms with Crippen LogP contribution < -0.4 is 19.5 Å². The molecule has 7 rings (SSSR count). The number of aliphatic hydroxyl groups excluding tert-OH is 7. The number of methoxy groups -OCH3 is 3. The Morgan fingerprint density at radius 2 is 0.750 bits per heavy atom. The molecule has 0 bridgehead atoms. The van der Waals surface area contributed by atoms with Crippen LogP contribution in [0.1, 0.15) is 121 Å². The second-order valence-corrected chi connectivity index (χ2v) is 19.2. The third-order valence-corrected chi connectivity index (χ3v) is 13.1. The Hall–Kier alpha value is -7.61. The maximum atomic E-state index is 12.5. The molecule has 100 heavy (non-hydrogen) atoms. The number of aromatic hydroxyl groups is 3. The number of carbonyl (C=O) groups is 5. The Bertz CT molecular complexity index is 3540. The van der Waals surface area contributed by atoms with Crippen LogP contribution in [-0.2, 0) is 71.7 Å². The molecule has 0 heterocycles. The van der Waals surface area contributed by atoms with Crippen LogP contribution in [0.15, 0.2) is 140 Å². The van der Waals surface area contributed by atoms with Crippen molar-refractivity contribution >= 4 is 103 Å². The van der Waals surface area contributed by atoms with Gasteiger partial charge in [0.05, 0.1) is 67.1 Å². The van der Waals surface area contributed by atoms with Gasteiger partial charge in [-0.1, -0.05) is 60.7 Å². The first-order valence-corrected chi connectivity index (χ1v) is 28.8. The molecule has 29 heteroatoms. The molecule has 0 unspecified atom stereocenters. The van der Waals surface area contributed by atoms with Crippen LogP contribution in [0.5, 0.6) is 34.5 Å². The van der Waals surface area contributed by atoms with Gasteiger partial charge < -0.3 is 88.0 Å². The van der Waals surface area contributed by atoms with Crippen molar-refractivity contribution in [3.8, 4) is 34.5 Å². The fourth-order valence-corrected chi connectivity index (χ4v) is 8.14. The predicted molar refractivity (Wildman–Crippen MR) is 373 cm³/mol. The number of hydrogen-bond acceptors (Lipinski definition) is 27. The molecular formula is C71H89BaClO27. The van der Waals surface area contributed by atoms with E-state index >= 15 is 0 Å². The van der Waals surface area contributed by atoms with Gasteiger partial charge in [-0.25, -0.2) is 14.7 Å². The number of carbonyl (C=O) groups excluding carboxylic acids is 5. The van der Waals surface area contributed by atoms with Crippen LogP contribution >= 0.6 is 12.4 Å². The van der Waals surface area contributed by atoms with E-state index < -0.39 is 0 Å². The summed E-state index contributed by atoms with van der Waals surface area (Å²) in [5.74, 6) is 0.819. The number of aliphatic hydroxyl groups is 7. The topological polar surface area (TPSA) is 456 Å². The van der Waals surface area contributed by atoms with Crippen LogP contribution in [0.2, 0.25) is 0 Å². The molecule has 0 aliphatic rings. The monoisotopic (exact) mass is 1550 g/mol. The number of aldehydes is 1.